The van der Waals surface area contributed by atoms with Crippen LogP contribution in [0.1, 0.15) is 15.9 Å². The van der Waals surface area contributed by atoms with E-state index in [0.29, 0.717) is 0 Å². The molecule has 0 unspecified atom stereocenters. The van der Waals surface area contributed by atoms with Gasteiger partial charge in [0.2, 0.25) is 0 Å². The average molecular weight is 332 g/mol. The van der Waals surface area contributed by atoms with E-state index in [1.807, 2.05) is 0 Å². The maximum atomic E-state index is 13.3. The predicted molar refractivity (Wildman–Crippen MR) is 68.9 cm³/mol. The van der Waals surface area contributed by atoms with Crippen molar-refractivity contribution in [1.82, 2.24) is 0 Å². The van der Waals surface area contributed by atoms with Crippen LogP contribution in [0, 0.1) is 11.6 Å². The first-order chi connectivity index (χ1) is 8.50. The summed E-state index contributed by atoms with van der Waals surface area (Å²) in [6.07, 6.45) is 0. The molecule has 0 N–H and O–H groups in total. The van der Waals surface area contributed by atoms with Crippen LogP contribution in [0.4, 0.5) is 8.78 Å². The van der Waals surface area contributed by atoms with Crippen molar-refractivity contribution >= 4 is 33.3 Å². The lowest BCUT2D eigenvalue weighted by atomic mass is 10.0. The summed E-state index contributed by atoms with van der Waals surface area (Å²) in [5.41, 5.74) is 0.102. The lowest BCUT2D eigenvalue weighted by Crippen LogP contribution is -2.04. The molecule has 0 aliphatic rings. The Balaban J connectivity index is 2.55. The van der Waals surface area contributed by atoms with Gasteiger partial charge in [-0.1, -0.05) is 17.7 Å². The molecule has 18 heavy (non-hydrogen) atoms. The summed E-state index contributed by atoms with van der Waals surface area (Å²) < 4.78 is 26.5. The van der Waals surface area contributed by atoms with Gasteiger partial charge in [-0.15, -0.1) is 0 Å². The van der Waals surface area contributed by atoms with E-state index in [1.54, 1.807) is 0 Å². The zero-order chi connectivity index (χ0) is 13.3. The highest BCUT2D eigenvalue weighted by Gasteiger charge is 2.18. The van der Waals surface area contributed by atoms with Gasteiger partial charge in [0.05, 0.1) is 9.50 Å². The van der Waals surface area contributed by atoms with Gasteiger partial charge in [-0.25, -0.2) is 8.78 Å². The van der Waals surface area contributed by atoms with Gasteiger partial charge in [0, 0.05) is 11.1 Å². The predicted octanol–water partition coefficient (Wildman–Crippen LogP) is 4.61. The standard InChI is InChI=1S/C13H6BrClF2O/c14-12-8(2-1-3-11(12)17)13(18)9-6-7(16)4-5-10(9)15/h1-6H. The first kappa shape index (κ1) is 13.2. The van der Waals surface area contributed by atoms with Crippen LogP contribution < -0.4 is 0 Å². The topological polar surface area (TPSA) is 17.1 Å². The third-order valence-electron chi connectivity index (χ3n) is 2.37. The molecule has 2 rings (SSSR count). The molecule has 0 bridgehead atoms. The lowest BCUT2D eigenvalue weighted by molar-refractivity contribution is 0.103. The Bertz CT molecular complexity index is 624. The molecule has 1 nitrogen and oxygen atoms in total. The minimum Gasteiger partial charge on any atom is -0.289 e. The summed E-state index contributed by atoms with van der Waals surface area (Å²) >= 11 is 8.83. The van der Waals surface area contributed by atoms with E-state index in [1.165, 1.54) is 24.3 Å². The molecule has 5 heteroatoms. The maximum Gasteiger partial charge on any atom is 0.195 e. The molecule has 2 aromatic rings. The zero-order valence-electron chi connectivity index (χ0n) is 8.88. The minimum absolute atomic E-state index is 0.00275. The monoisotopic (exact) mass is 330 g/mol. The molecule has 0 fully saturated rings. The average Bonchev–Trinajstić information content (AvgIpc) is 2.35. The SMILES string of the molecule is O=C(c1cc(F)ccc1Cl)c1cccc(F)c1Br. The molecule has 0 aromatic heterocycles. The van der Waals surface area contributed by atoms with Crippen LogP contribution in [0.25, 0.3) is 0 Å². The highest BCUT2D eigenvalue weighted by molar-refractivity contribution is 9.10. The van der Waals surface area contributed by atoms with Crippen LogP contribution in [-0.2, 0) is 0 Å². The Morgan fingerprint density at radius 3 is 2.56 bits per heavy atom. The molecule has 0 spiro atoms. The largest absolute Gasteiger partial charge is 0.289 e. The van der Waals surface area contributed by atoms with Crippen LogP contribution in [0.5, 0.6) is 0 Å². The molecular weight excluding hydrogens is 325 g/mol. The molecule has 0 aliphatic heterocycles. The van der Waals surface area contributed by atoms with Crippen molar-refractivity contribution in [3.63, 3.8) is 0 Å². The van der Waals surface area contributed by atoms with Crippen molar-refractivity contribution in [3.8, 4) is 0 Å². The van der Waals surface area contributed by atoms with Crippen LogP contribution >= 0.6 is 27.5 Å². The fourth-order valence-corrected chi connectivity index (χ4v) is 2.14. The highest BCUT2D eigenvalue weighted by atomic mass is 79.9. The van der Waals surface area contributed by atoms with Crippen molar-refractivity contribution in [2.45, 2.75) is 0 Å². The van der Waals surface area contributed by atoms with Gasteiger partial charge in [-0.2, -0.15) is 0 Å². The molecule has 0 amide bonds. The Morgan fingerprint density at radius 1 is 1.11 bits per heavy atom. The Hall–Kier alpha value is -1.26. The summed E-state index contributed by atoms with van der Waals surface area (Å²) in [4.78, 5) is 12.1. The van der Waals surface area contributed by atoms with E-state index in [4.69, 9.17) is 11.6 Å². The van der Waals surface area contributed by atoms with Crippen LogP contribution in [0.15, 0.2) is 40.9 Å². The van der Waals surface area contributed by atoms with Gasteiger partial charge in [0.15, 0.2) is 5.78 Å². The van der Waals surface area contributed by atoms with Crippen molar-refractivity contribution in [2.75, 3.05) is 0 Å². The quantitative estimate of drug-likeness (QED) is 0.734. The number of ketones is 1. The van der Waals surface area contributed by atoms with E-state index in [9.17, 15) is 13.6 Å². The minimum atomic E-state index is -0.574. The molecule has 92 valence electrons. The normalized spacial score (nSPS) is 10.4. The Morgan fingerprint density at radius 2 is 1.83 bits per heavy atom. The first-order valence-corrected chi connectivity index (χ1v) is 6.11. The number of rotatable bonds is 2. The van der Waals surface area contributed by atoms with Gasteiger partial charge in [-0.3, -0.25) is 4.79 Å². The van der Waals surface area contributed by atoms with Gasteiger partial charge >= 0.3 is 0 Å². The number of halogens is 4. The van der Waals surface area contributed by atoms with Crippen LogP contribution in [-0.4, -0.2) is 5.78 Å². The lowest BCUT2D eigenvalue weighted by Gasteiger charge is -2.06. The molecule has 0 aliphatic carbocycles. The second-order valence-electron chi connectivity index (χ2n) is 3.55. The van der Waals surface area contributed by atoms with Crippen molar-refractivity contribution in [2.24, 2.45) is 0 Å². The maximum absolute atomic E-state index is 13.3. The van der Waals surface area contributed by atoms with Gasteiger partial charge in [0.1, 0.15) is 11.6 Å². The summed E-state index contributed by atoms with van der Waals surface area (Å²) in [6.45, 7) is 0. The zero-order valence-corrected chi connectivity index (χ0v) is 11.2. The summed E-state index contributed by atoms with van der Waals surface area (Å²) in [5.74, 6) is -1.67. The fourth-order valence-electron chi connectivity index (χ4n) is 1.50. The number of benzene rings is 2. The third kappa shape index (κ3) is 2.44. The molecule has 0 saturated carbocycles. The smallest absolute Gasteiger partial charge is 0.195 e. The summed E-state index contributed by atoms with van der Waals surface area (Å²) in [6, 6.07) is 7.53. The first-order valence-electron chi connectivity index (χ1n) is 4.94. The van der Waals surface area contributed by atoms with Crippen molar-refractivity contribution < 1.29 is 13.6 Å². The van der Waals surface area contributed by atoms with Crippen LogP contribution in [0.3, 0.4) is 0 Å². The highest BCUT2D eigenvalue weighted by Crippen LogP contribution is 2.26. The summed E-state index contributed by atoms with van der Waals surface area (Å²) in [5, 5.41) is 0.123. The van der Waals surface area contributed by atoms with E-state index in [2.05, 4.69) is 15.9 Å². The molecule has 0 saturated heterocycles. The Kier molecular flexibility index (Phi) is 3.78. The molecule has 0 radical (unpaired) electrons. The number of carbonyl (C=O) groups is 1. The fraction of sp³-hybridized carbons (Fsp3) is 0. The van der Waals surface area contributed by atoms with E-state index in [-0.39, 0.29) is 20.6 Å². The molecule has 0 heterocycles. The number of hydrogen-bond donors (Lipinski definition) is 0. The molecular formula is C13H6BrClF2O. The van der Waals surface area contributed by atoms with Gasteiger partial charge in [0.25, 0.3) is 0 Å². The Labute approximate surface area is 116 Å². The van der Waals surface area contributed by atoms with Crippen LogP contribution in [0.2, 0.25) is 5.02 Å². The van der Waals surface area contributed by atoms with Crippen molar-refractivity contribution in [3.05, 3.63) is 68.7 Å². The van der Waals surface area contributed by atoms with E-state index >= 15 is 0 Å². The molecule has 0 atom stereocenters. The van der Waals surface area contributed by atoms with Gasteiger partial charge < -0.3 is 0 Å². The second kappa shape index (κ2) is 5.16. The van der Waals surface area contributed by atoms with E-state index in [0.717, 1.165) is 12.1 Å². The second-order valence-corrected chi connectivity index (χ2v) is 4.75. The third-order valence-corrected chi connectivity index (χ3v) is 3.50. The van der Waals surface area contributed by atoms with E-state index < -0.39 is 17.4 Å². The molecule has 2 aromatic carbocycles. The summed E-state index contributed by atoms with van der Waals surface area (Å²) in [7, 11) is 0. The number of carbonyl (C=O) groups excluding carboxylic acids is 1. The van der Waals surface area contributed by atoms with Crippen molar-refractivity contribution in [1.29, 1.82) is 0 Å². The number of hydrogen-bond acceptors (Lipinski definition) is 1. The van der Waals surface area contributed by atoms with Gasteiger partial charge in [-0.05, 0) is 46.3 Å².